The molecule has 0 bridgehead atoms. The van der Waals surface area contributed by atoms with Crippen molar-refractivity contribution in [3.63, 3.8) is 0 Å². The summed E-state index contributed by atoms with van der Waals surface area (Å²) in [5.41, 5.74) is -2.23. The Balaban J connectivity index is 3.68. The molecule has 0 aromatic heterocycles. The predicted octanol–water partition coefficient (Wildman–Crippen LogP) is 7.03. The first kappa shape index (κ1) is 27.8. The van der Waals surface area contributed by atoms with Crippen LogP contribution in [-0.2, 0) is 0 Å². The standard InChI is InChI=1S/C17H15F13N2/c1-11(2,3)32-10(31-9-7-5-4-6-8-9)12(18,19)13(20,21)14(22,23)15(24,25)16(26,27)17(28,29)30/h4-8H,1-3H3,(H,31,32). The summed E-state index contributed by atoms with van der Waals surface area (Å²) >= 11 is 0. The minimum atomic E-state index is -7.97. The van der Waals surface area contributed by atoms with E-state index in [9.17, 15) is 57.1 Å². The summed E-state index contributed by atoms with van der Waals surface area (Å²) in [6.45, 7) is 3.00. The molecule has 1 rings (SSSR count). The lowest BCUT2D eigenvalue weighted by molar-refractivity contribution is -0.434. The van der Waals surface area contributed by atoms with Crippen molar-refractivity contribution in [2.75, 3.05) is 5.32 Å². The minimum absolute atomic E-state index is 0.485. The number of rotatable bonds is 6. The smallest absolute Gasteiger partial charge is 0.339 e. The lowest BCUT2D eigenvalue weighted by Crippen LogP contribution is -2.71. The first-order chi connectivity index (χ1) is 13.9. The average molecular weight is 494 g/mol. The summed E-state index contributed by atoms with van der Waals surface area (Å²) < 4.78 is 174. The number of alkyl halides is 13. The molecule has 15 heteroatoms. The molecule has 0 aliphatic rings. The van der Waals surface area contributed by atoms with Crippen LogP contribution in [0.25, 0.3) is 0 Å². The molecule has 0 aliphatic carbocycles. The fourth-order valence-electron chi connectivity index (χ4n) is 2.09. The first-order valence-corrected chi connectivity index (χ1v) is 8.31. The minimum Gasteiger partial charge on any atom is -0.339 e. The number of anilines is 1. The number of halogens is 13. The molecule has 2 nitrogen and oxygen atoms in total. The quantitative estimate of drug-likeness (QED) is 0.256. The highest BCUT2D eigenvalue weighted by Crippen LogP contribution is 2.60. The van der Waals surface area contributed by atoms with Crippen molar-refractivity contribution in [1.29, 1.82) is 0 Å². The number of para-hydroxylation sites is 1. The second-order valence-corrected chi connectivity index (χ2v) is 7.49. The molecular formula is C17H15F13N2. The lowest BCUT2D eigenvalue weighted by atomic mass is 9.93. The third-order valence-electron chi connectivity index (χ3n) is 3.71. The average Bonchev–Trinajstić information content (AvgIpc) is 2.59. The van der Waals surface area contributed by atoms with Crippen LogP contribution in [0.1, 0.15) is 20.8 Å². The van der Waals surface area contributed by atoms with E-state index >= 15 is 0 Å². The summed E-state index contributed by atoms with van der Waals surface area (Å²) in [6, 6.07) is 5.50. The van der Waals surface area contributed by atoms with Gasteiger partial charge in [0.25, 0.3) is 0 Å². The topological polar surface area (TPSA) is 24.4 Å². The van der Waals surface area contributed by atoms with E-state index in [0.29, 0.717) is 0 Å². The number of hydrogen-bond donors (Lipinski definition) is 1. The van der Waals surface area contributed by atoms with Crippen molar-refractivity contribution < 1.29 is 57.1 Å². The van der Waals surface area contributed by atoms with Gasteiger partial charge in [-0.25, -0.2) is 0 Å². The number of aliphatic imine (C=N–C) groups is 1. The van der Waals surface area contributed by atoms with Crippen LogP contribution in [0.5, 0.6) is 0 Å². The molecule has 1 aromatic carbocycles. The maximum Gasteiger partial charge on any atom is 0.460 e. The van der Waals surface area contributed by atoms with Crippen LogP contribution < -0.4 is 5.32 Å². The van der Waals surface area contributed by atoms with E-state index in [1.165, 1.54) is 11.4 Å². The van der Waals surface area contributed by atoms with Gasteiger partial charge in [-0.3, -0.25) is 4.99 Å². The van der Waals surface area contributed by atoms with Crippen LogP contribution in [0, 0.1) is 0 Å². The van der Waals surface area contributed by atoms with Gasteiger partial charge < -0.3 is 5.32 Å². The van der Waals surface area contributed by atoms with E-state index in [1.54, 1.807) is 0 Å². The highest BCUT2D eigenvalue weighted by molar-refractivity contribution is 6.01. The molecule has 0 saturated carbocycles. The molecule has 32 heavy (non-hydrogen) atoms. The molecular weight excluding hydrogens is 479 g/mol. The van der Waals surface area contributed by atoms with Crippen LogP contribution in [0.15, 0.2) is 35.3 Å². The molecule has 0 fully saturated rings. The fraction of sp³-hybridized carbons (Fsp3) is 0.588. The van der Waals surface area contributed by atoms with Gasteiger partial charge in [-0.15, -0.1) is 0 Å². The molecule has 1 N–H and O–H groups in total. The Labute approximate surface area is 172 Å². The highest BCUT2D eigenvalue weighted by atomic mass is 19.4. The predicted molar refractivity (Wildman–Crippen MR) is 88.0 cm³/mol. The van der Waals surface area contributed by atoms with E-state index in [0.717, 1.165) is 45.0 Å². The number of nitrogens with zero attached hydrogens (tertiary/aromatic N) is 1. The second kappa shape index (κ2) is 7.97. The van der Waals surface area contributed by atoms with Gasteiger partial charge in [0.15, 0.2) is 5.84 Å². The van der Waals surface area contributed by atoms with Gasteiger partial charge in [0, 0.05) is 5.69 Å². The van der Waals surface area contributed by atoms with Crippen LogP contribution in [0.3, 0.4) is 0 Å². The van der Waals surface area contributed by atoms with Gasteiger partial charge in [0.2, 0.25) is 0 Å². The Hall–Kier alpha value is -2.22. The maximum absolute atomic E-state index is 14.5. The third-order valence-corrected chi connectivity index (χ3v) is 3.71. The Morgan fingerprint density at radius 2 is 1.03 bits per heavy atom. The third kappa shape index (κ3) is 4.60. The van der Waals surface area contributed by atoms with Crippen LogP contribution in [0.2, 0.25) is 0 Å². The Kier molecular flexibility index (Phi) is 6.93. The molecule has 0 aliphatic heterocycles. The van der Waals surface area contributed by atoms with Gasteiger partial charge in [-0.05, 0) is 32.9 Å². The van der Waals surface area contributed by atoms with Gasteiger partial charge in [-0.1, -0.05) is 18.2 Å². The van der Waals surface area contributed by atoms with E-state index < -0.39 is 52.9 Å². The van der Waals surface area contributed by atoms with Gasteiger partial charge >= 0.3 is 35.8 Å². The molecule has 0 atom stereocenters. The molecule has 0 amide bonds. The number of benzene rings is 1. The fourth-order valence-corrected chi connectivity index (χ4v) is 2.09. The first-order valence-electron chi connectivity index (χ1n) is 8.31. The van der Waals surface area contributed by atoms with Gasteiger partial charge in [0.05, 0.1) is 5.54 Å². The molecule has 184 valence electrons. The Morgan fingerprint density at radius 3 is 1.41 bits per heavy atom. The summed E-state index contributed by atoms with van der Waals surface area (Å²) in [6.07, 6.45) is -7.46. The highest BCUT2D eigenvalue weighted by Gasteiger charge is 2.91. The number of nitrogens with one attached hydrogen (secondary N) is 1. The normalized spacial score (nSPS) is 15.7. The van der Waals surface area contributed by atoms with Crippen molar-refractivity contribution in [3.05, 3.63) is 30.3 Å². The zero-order valence-electron chi connectivity index (χ0n) is 16.2. The molecule has 0 radical (unpaired) electrons. The summed E-state index contributed by atoms with van der Waals surface area (Å²) in [7, 11) is 0. The zero-order valence-corrected chi connectivity index (χ0v) is 16.2. The molecule has 0 saturated heterocycles. The van der Waals surface area contributed by atoms with Crippen molar-refractivity contribution in [2.45, 2.75) is 62.1 Å². The van der Waals surface area contributed by atoms with Crippen molar-refractivity contribution in [3.8, 4) is 0 Å². The van der Waals surface area contributed by atoms with Crippen molar-refractivity contribution in [2.24, 2.45) is 4.99 Å². The summed E-state index contributed by atoms with van der Waals surface area (Å²) in [5.74, 6) is -39.9. The molecule has 1 aromatic rings. The van der Waals surface area contributed by atoms with Gasteiger partial charge in [0.1, 0.15) is 0 Å². The van der Waals surface area contributed by atoms with E-state index in [4.69, 9.17) is 0 Å². The summed E-state index contributed by atoms with van der Waals surface area (Å²) in [5, 5.41) is 1.51. The maximum atomic E-state index is 14.5. The number of amidine groups is 1. The Bertz CT molecular complexity index is 821. The summed E-state index contributed by atoms with van der Waals surface area (Å²) in [4.78, 5) is 3.04. The molecule has 0 heterocycles. The van der Waals surface area contributed by atoms with Crippen LogP contribution in [0.4, 0.5) is 62.8 Å². The number of hydrogen-bond acceptors (Lipinski definition) is 1. The monoisotopic (exact) mass is 494 g/mol. The SMILES string of the molecule is CC(C)(C)N=C(Nc1ccccc1)C(F)(F)C(F)(F)C(F)(F)C(F)(F)C(F)(F)C(F)(F)F. The second-order valence-electron chi connectivity index (χ2n) is 7.49. The van der Waals surface area contributed by atoms with E-state index in [1.807, 2.05) is 0 Å². The zero-order chi connectivity index (χ0) is 25.6. The van der Waals surface area contributed by atoms with E-state index in [-0.39, 0.29) is 0 Å². The van der Waals surface area contributed by atoms with Crippen LogP contribution in [-0.4, -0.2) is 47.2 Å². The Morgan fingerprint density at radius 1 is 0.625 bits per heavy atom. The largest absolute Gasteiger partial charge is 0.460 e. The van der Waals surface area contributed by atoms with Gasteiger partial charge in [-0.2, -0.15) is 57.1 Å². The van der Waals surface area contributed by atoms with Crippen molar-refractivity contribution in [1.82, 2.24) is 0 Å². The van der Waals surface area contributed by atoms with Crippen LogP contribution >= 0.6 is 0 Å². The van der Waals surface area contributed by atoms with Crippen molar-refractivity contribution >= 4 is 11.5 Å². The van der Waals surface area contributed by atoms with E-state index in [2.05, 4.69) is 4.99 Å². The lowest BCUT2D eigenvalue weighted by Gasteiger charge is -2.40. The molecule has 0 unspecified atom stereocenters. The molecule has 0 spiro atoms.